The van der Waals surface area contributed by atoms with Gasteiger partial charge in [-0.2, -0.15) is 0 Å². The maximum absolute atomic E-state index is 13.1. The molecule has 6 heteroatoms. The first-order valence-electron chi connectivity index (χ1n) is 6.03. The van der Waals surface area contributed by atoms with E-state index in [1.165, 1.54) is 12.1 Å². The van der Waals surface area contributed by atoms with Gasteiger partial charge in [0.15, 0.2) is 6.61 Å². The van der Waals surface area contributed by atoms with Gasteiger partial charge in [-0.25, -0.2) is 9.18 Å². The predicted octanol–water partition coefficient (Wildman–Crippen LogP) is 1.48. The number of nitrogen functional groups attached to an aromatic ring is 1. The van der Waals surface area contributed by atoms with Gasteiger partial charge in [-0.3, -0.25) is 4.79 Å². The topological polar surface area (TPSA) is 81.4 Å². The number of nitrogens with two attached hydrogens (primary N) is 1. The Morgan fingerprint density at radius 1 is 1.42 bits per heavy atom. The number of amides is 1. The second kappa shape index (κ2) is 7.35. The number of hydrogen-bond acceptors (Lipinski definition) is 4. The molecule has 0 radical (unpaired) electrons. The molecule has 0 aliphatic heterocycles. The maximum Gasteiger partial charge on any atom is 0.338 e. The molecule has 0 fully saturated rings. The Hall–Kier alpha value is -2.11. The normalized spacial score (nSPS) is 10.0. The number of nitrogens with one attached hydrogen (secondary N) is 1. The van der Waals surface area contributed by atoms with Gasteiger partial charge in [0.2, 0.25) is 0 Å². The van der Waals surface area contributed by atoms with Crippen LogP contribution in [0.1, 0.15) is 30.1 Å². The number of carbonyl (C=O) groups is 2. The number of carbonyl (C=O) groups excluding carboxylic acids is 2. The number of hydrogen-bond donors (Lipinski definition) is 2. The van der Waals surface area contributed by atoms with Gasteiger partial charge in [0.05, 0.1) is 11.3 Å². The van der Waals surface area contributed by atoms with Crippen LogP contribution >= 0.6 is 0 Å². The van der Waals surface area contributed by atoms with Crippen LogP contribution in [0.3, 0.4) is 0 Å². The highest BCUT2D eigenvalue weighted by Crippen LogP contribution is 2.12. The van der Waals surface area contributed by atoms with E-state index in [4.69, 9.17) is 10.5 Å². The van der Waals surface area contributed by atoms with Crippen LogP contribution in [-0.4, -0.2) is 25.0 Å². The van der Waals surface area contributed by atoms with E-state index in [0.29, 0.717) is 6.54 Å². The van der Waals surface area contributed by atoms with Crippen LogP contribution in [0.25, 0.3) is 0 Å². The number of ether oxygens (including phenoxy) is 1. The third kappa shape index (κ3) is 4.95. The highest BCUT2D eigenvalue weighted by molar-refractivity contribution is 5.91. The monoisotopic (exact) mass is 268 g/mol. The predicted molar refractivity (Wildman–Crippen MR) is 69.0 cm³/mol. The van der Waals surface area contributed by atoms with Gasteiger partial charge >= 0.3 is 5.97 Å². The molecule has 0 spiro atoms. The van der Waals surface area contributed by atoms with Crippen LogP contribution in [0, 0.1) is 5.82 Å². The van der Waals surface area contributed by atoms with Crippen LogP contribution < -0.4 is 11.1 Å². The van der Waals surface area contributed by atoms with Gasteiger partial charge in [-0.1, -0.05) is 13.3 Å². The third-order valence-electron chi connectivity index (χ3n) is 2.42. The Kier molecular flexibility index (Phi) is 5.78. The summed E-state index contributed by atoms with van der Waals surface area (Å²) < 4.78 is 17.9. The summed E-state index contributed by atoms with van der Waals surface area (Å²) in [6.07, 6.45) is 1.83. The van der Waals surface area contributed by atoms with Crippen molar-refractivity contribution >= 4 is 17.6 Å². The van der Waals surface area contributed by atoms with E-state index >= 15 is 0 Å². The lowest BCUT2D eigenvalue weighted by molar-refractivity contribution is -0.124. The number of anilines is 1. The molecule has 0 saturated carbocycles. The number of esters is 1. The summed E-state index contributed by atoms with van der Waals surface area (Å²) in [4.78, 5) is 22.8. The molecule has 0 heterocycles. The Morgan fingerprint density at radius 2 is 2.16 bits per heavy atom. The average molecular weight is 268 g/mol. The van der Waals surface area contributed by atoms with E-state index in [1.54, 1.807) is 0 Å². The minimum absolute atomic E-state index is 0.0214. The fourth-order valence-corrected chi connectivity index (χ4v) is 1.32. The molecule has 5 nitrogen and oxygen atoms in total. The van der Waals surface area contributed by atoms with Crippen molar-refractivity contribution in [2.75, 3.05) is 18.9 Å². The highest BCUT2D eigenvalue weighted by atomic mass is 19.1. The molecular formula is C13H17FN2O3. The molecule has 0 atom stereocenters. The minimum atomic E-state index is -0.760. The summed E-state index contributed by atoms with van der Waals surface area (Å²) in [6.45, 7) is 2.17. The quantitative estimate of drug-likeness (QED) is 0.465. The molecule has 1 rings (SSSR count). The molecule has 0 aromatic heterocycles. The molecule has 0 aliphatic carbocycles. The molecule has 1 aromatic rings. The van der Waals surface area contributed by atoms with Gasteiger partial charge in [-0.05, 0) is 24.6 Å². The van der Waals surface area contributed by atoms with Crippen molar-refractivity contribution in [1.29, 1.82) is 0 Å². The lowest BCUT2D eigenvalue weighted by atomic mass is 10.2. The lowest BCUT2D eigenvalue weighted by Gasteiger charge is -2.06. The van der Waals surface area contributed by atoms with Crippen molar-refractivity contribution in [3.63, 3.8) is 0 Å². The van der Waals surface area contributed by atoms with Crippen molar-refractivity contribution in [3.8, 4) is 0 Å². The van der Waals surface area contributed by atoms with Gasteiger partial charge in [-0.15, -0.1) is 0 Å². The number of benzene rings is 1. The standard InChI is InChI=1S/C13H17FN2O3/c1-2-3-6-16-12(17)8-19-13(18)9-4-5-11(15)10(14)7-9/h4-5,7H,2-3,6,8,15H2,1H3,(H,16,17). The van der Waals surface area contributed by atoms with Crippen molar-refractivity contribution < 1.29 is 18.7 Å². The van der Waals surface area contributed by atoms with Gasteiger partial charge < -0.3 is 15.8 Å². The van der Waals surface area contributed by atoms with Gasteiger partial charge in [0.1, 0.15) is 5.82 Å². The van der Waals surface area contributed by atoms with E-state index in [2.05, 4.69) is 5.32 Å². The lowest BCUT2D eigenvalue weighted by Crippen LogP contribution is -2.29. The van der Waals surface area contributed by atoms with Crippen molar-refractivity contribution in [2.45, 2.75) is 19.8 Å². The van der Waals surface area contributed by atoms with Crippen molar-refractivity contribution in [2.24, 2.45) is 0 Å². The summed E-state index contributed by atoms with van der Waals surface area (Å²) in [7, 11) is 0. The smallest absolute Gasteiger partial charge is 0.338 e. The molecule has 19 heavy (non-hydrogen) atoms. The molecule has 1 aromatic carbocycles. The van der Waals surface area contributed by atoms with E-state index in [0.717, 1.165) is 18.9 Å². The van der Waals surface area contributed by atoms with Crippen LogP contribution in [0.5, 0.6) is 0 Å². The Bertz CT molecular complexity index is 463. The fraction of sp³-hybridized carbons (Fsp3) is 0.385. The highest BCUT2D eigenvalue weighted by Gasteiger charge is 2.11. The number of rotatable bonds is 6. The van der Waals surface area contributed by atoms with Crippen LogP contribution in [-0.2, 0) is 9.53 Å². The summed E-state index contributed by atoms with van der Waals surface area (Å²) in [5, 5.41) is 2.60. The van der Waals surface area contributed by atoms with E-state index in [1.807, 2.05) is 6.92 Å². The largest absolute Gasteiger partial charge is 0.452 e. The van der Waals surface area contributed by atoms with Gasteiger partial charge in [0, 0.05) is 6.54 Å². The molecule has 0 bridgehead atoms. The number of unbranched alkanes of at least 4 members (excludes halogenated alkanes) is 1. The van der Waals surface area contributed by atoms with Gasteiger partial charge in [0.25, 0.3) is 5.91 Å². The first-order chi connectivity index (χ1) is 9.04. The van der Waals surface area contributed by atoms with Crippen LogP contribution in [0.4, 0.5) is 10.1 Å². The molecule has 3 N–H and O–H groups in total. The first-order valence-corrected chi connectivity index (χ1v) is 6.03. The van der Waals surface area contributed by atoms with Crippen LogP contribution in [0.2, 0.25) is 0 Å². The summed E-state index contributed by atoms with van der Waals surface area (Å²) in [6, 6.07) is 3.59. The first kappa shape index (κ1) is 14.9. The Labute approximate surface area is 110 Å². The zero-order chi connectivity index (χ0) is 14.3. The Morgan fingerprint density at radius 3 is 2.79 bits per heavy atom. The molecule has 0 saturated heterocycles. The SMILES string of the molecule is CCCCNC(=O)COC(=O)c1ccc(N)c(F)c1. The Balaban J connectivity index is 2.42. The summed E-state index contributed by atoms with van der Waals surface area (Å²) >= 11 is 0. The average Bonchev–Trinajstić information content (AvgIpc) is 2.39. The molecular weight excluding hydrogens is 251 g/mol. The molecule has 0 aliphatic rings. The number of halogens is 1. The maximum atomic E-state index is 13.1. The fourth-order valence-electron chi connectivity index (χ4n) is 1.32. The zero-order valence-electron chi connectivity index (χ0n) is 10.7. The molecule has 104 valence electrons. The third-order valence-corrected chi connectivity index (χ3v) is 2.42. The molecule has 0 unspecified atom stereocenters. The summed E-state index contributed by atoms with van der Waals surface area (Å²) in [5.41, 5.74) is 5.26. The van der Waals surface area contributed by atoms with Crippen LogP contribution in [0.15, 0.2) is 18.2 Å². The van der Waals surface area contributed by atoms with E-state index in [9.17, 15) is 14.0 Å². The second-order valence-corrected chi connectivity index (χ2v) is 4.02. The van der Waals surface area contributed by atoms with Crippen molar-refractivity contribution in [1.82, 2.24) is 5.32 Å². The summed E-state index contributed by atoms with van der Waals surface area (Å²) in [5.74, 6) is -1.83. The van der Waals surface area contributed by atoms with E-state index < -0.39 is 11.8 Å². The minimum Gasteiger partial charge on any atom is -0.452 e. The van der Waals surface area contributed by atoms with E-state index in [-0.39, 0.29) is 23.8 Å². The zero-order valence-corrected chi connectivity index (χ0v) is 10.7. The molecule has 1 amide bonds. The second-order valence-electron chi connectivity index (χ2n) is 4.02. The van der Waals surface area contributed by atoms with Crippen molar-refractivity contribution in [3.05, 3.63) is 29.6 Å².